The summed E-state index contributed by atoms with van der Waals surface area (Å²) in [5, 5.41) is 0. The van der Waals surface area contributed by atoms with Gasteiger partial charge in [0, 0.05) is 0 Å². The Morgan fingerprint density at radius 2 is 1.81 bits per heavy atom. The second kappa shape index (κ2) is 5.42. The SMILES string of the molecule is CC(C)(C)OC(=O)C(Br)c1ccc(C2CC2)cc1C1CC1. The molecule has 2 aliphatic carbocycles. The van der Waals surface area contributed by atoms with Gasteiger partial charge in [0.2, 0.25) is 0 Å². The molecule has 2 saturated carbocycles. The predicted molar refractivity (Wildman–Crippen MR) is 87.9 cm³/mol. The first-order chi connectivity index (χ1) is 9.85. The molecule has 0 radical (unpaired) electrons. The van der Waals surface area contributed by atoms with E-state index in [9.17, 15) is 4.79 Å². The average Bonchev–Trinajstić information content (AvgIpc) is 3.28. The van der Waals surface area contributed by atoms with E-state index in [2.05, 4.69) is 34.1 Å². The highest BCUT2D eigenvalue weighted by molar-refractivity contribution is 9.09. The van der Waals surface area contributed by atoms with Crippen molar-refractivity contribution in [3.05, 3.63) is 34.9 Å². The van der Waals surface area contributed by atoms with E-state index < -0.39 is 5.60 Å². The van der Waals surface area contributed by atoms with Gasteiger partial charge in [-0.15, -0.1) is 0 Å². The number of esters is 1. The minimum atomic E-state index is -0.448. The van der Waals surface area contributed by atoms with Crippen molar-refractivity contribution >= 4 is 21.9 Å². The van der Waals surface area contributed by atoms with Crippen LogP contribution in [-0.2, 0) is 9.53 Å². The Labute approximate surface area is 135 Å². The summed E-state index contributed by atoms with van der Waals surface area (Å²) in [5.41, 5.74) is 3.45. The lowest BCUT2D eigenvalue weighted by molar-refractivity contribution is -0.154. The summed E-state index contributed by atoms with van der Waals surface area (Å²) in [5.74, 6) is 1.21. The number of halogens is 1. The lowest BCUT2D eigenvalue weighted by Crippen LogP contribution is -2.26. The maximum Gasteiger partial charge on any atom is 0.324 e. The number of carbonyl (C=O) groups excluding carboxylic acids is 1. The molecular weight excluding hydrogens is 328 g/mol. The molecule has 1 aromatic rings. The van der Waals surface area contributed by atoms with Crippen LogP contribution in [0.4, 0.5) is 0 Å². The van der Waals surface area contributed by atoms with Gasteiger partial charge in [-0.1, -0.05) is 34.1 Å². The fourth-order valence-electron chi connectivity index (χ4n) is 2.72. The van der Waals surface area contributed by atoms with E-state index in [1.807, 2.05) is 20.8 Å². The van der Waals surface area contributed by atoms with Crippen LogP contribution in [0.15, 0.2) is 18.2 Å². The molecule has 114 valence electrons. The van der Waals surface area contributed by atoms with E-state index in [0.29, 0.717) is 5.92 Å². The number of hydrogen-bond donors (Lipinski definition) is 0. The van der Waals surface area contributed by atoms with E-state index in [1.54, 1.807) is 0 Å². The van der Waals surface area contributed by atoms with Gasteiger partial charge < -0.3 is 4.74 Å². The second-order valence-corrected chi connectivity index (χ2v) is 8.25. The lowest BCUT2D eigenvalue weighted by atomic mass is 9.96. The first-order valence-corrected chi connectivity index (χ1v) is 8.77. The molecule has 0 bridgehead atoms. The third-order valence-corrected chi connectivity index (χ3v) is 4.93. The maximum atomic E-state index is 12.3. The highest BCUT2D eigenvalue weighted by atomic mass is 79.9. The molecule has 2 nitrogen and oxygen atoms in total. The largest absolute Gasteiger partial charge is 0.459 e. The van der Waals surface area contributed by atoms with E-state index in [1.165, 1.54) is 36.8 Å². The first kappa shape index (κ1) is 15.1. The average molecular weight is 351 g/mol. The van der Waals surface area contributed by atoms with E-state index in [0.717, 1.165) is 11.5 Å². The Hall–Kier alpha value is -0.830. The van der Waals surface area contributed by atoms with Gasteiger partial charge in [-0.25, -0.2) is 0 Å². The van der Waals surface area contributed by atoms with Crippen LogP contribution in [-0.4, -0.2) is 11.6 Å². The Balaban J connectivity index is 1.84. The summed E-state index contributed by atoms with van der Waals surface area (Å²) < 4.78 is 5.51. The lowest BCUT2D eigenvalue weighted by Gasteiger charge is -2.23. The second-order valence-electron chi connectivity index (χ2n) is 7.33. The Morgan fingerprint density at radius 1 is 1.19 bits per heavy atom. The van der Waals surface area contributed by atoms with Crippen LogP contribution in [0.1, 0.15) is 79.8 Å². The molecule has 0 aliphatic heterocycles. The van der Waals surface area contributed by atoms with E-state index in [-0.39, 0.29) is 10.8 Å². The molecule has 0 N–H and O–H groups in total. The van der Waals surface area contributed by atoms with Gasteiger partial charge >= 0.3 is 5.97 Å². The standard InChI is InChI=1S/C18H23BrO2/c1-18(2,3)21-17(20)16(19)14-9-8-13(11-4-5-11)10-15(14)12-6-7-12/h8-12,16H,4-7H2,1-3H3. The van der Waals surface area contributed by atoms with E-state index in [4.69, 9.17) is 4.74 Å². The minimum absolute atomic E-state index is 0.191. The van der Waals surface area contributed by atoms with Gasteiger partial charge in [-0.3, -0.25) is 4.79 Å². The molecule has 0 spiro atoms. The molecule has 1 unspecified atom stereocenters. The van der Waals surface area contributed by atoms with Crippen molar-refractivity contribution < 1.29 is 9.53 Å². The predicted octanol–water partition coefficient (Wildman–Crippen LogP) is 5.22. The van der Waals surface area contributed by atoms with Crippen LogP contribution in [0.25, 0.3) is 0 Å². The van der Waals surface area contributed by atoms with Crippen molar-refractivity contribution in [3.8, 4) is 0 Å². The molecule has 0 heterocycles. The van der Waals surface area contributed by atoms with Crippen molar-refractivity contribution in [2.75, 3.05) is 0 Å². The molecule has 2 aliphatic rings. The van der Waals surface area contributed by atoms with Crippen LogP contribution in [0.5, 0.6) is 0 Å². The highest BCUT2D eigenvalue weighted by Crippen LogP contribution is 2.48. The molecular formula is C18H23BrO2. The molecule has 1 aromatic carbocycles. The molecule has 21 heavy (non-hydrogen) atoms. The number of benzene rings is 1. The zero-order valence-corrected chi connectivity index (χ0v) is 14.6. The van der Waals surface area contributed by atoms with Crippen LogP contribution >= 0.6 is 15.9 Å². The third kappa shape index (κ3) is 3.68. The van der Waals surface area contributed by atoms with Crippen LogP contribution in [0, 0.1) is 0 Å². The van der Waals surface area contributed by atoms with Gasteiger partial charge in [0.1, 0.15) is 10.4 Å². The molecule has 0 saturated heterocycles. The summed E-state index contributed by atoms with van der Waals surface area (Å²) in [6, 6.07) is 6.66. The quantitative estimate of drug-likeness (QED) is 0.549. The van der Waals surface area contributed by atoms with Crippen molar-refractivity contribution in [2.45, 2.75) is 68.7 Å². The topological polar surface area (TPSA) is 26.3 Å². The summed E-state index contributed by atoms with van der Waals surface area (Å²) in [6.45, 7) is 5.72. The Morgan fingerprint density at radius 3 is 2.33 bits per heavy atom. The van der Waals surface area contributed by atoms with Gasteiger partial charge in [0.05, 0.1) is 0 Å². The van der Waals surface area contributed by atoms with Gasteiger partial charge in [0.25, 0.3) is 0 Å². The summed E-state index contributed by atoms with van der Waals surface area (Å²) in [6.07, 6.45) is 5.12. The van der Waals surface area contributed by atoms with Crippen molar-refractivity contribution in [3.63, 3.8) is 0 Å². The molecule has 0 aromatic heterocycles. The van der Waals surface area contributed by atoms with Gasteiger partial charge in [-0.05, 0) is 75.0 Å². The first-order valence-electron chi connectivity index (χ1n) is 7.86. The highest BCUT2D eigenvalue weighted by Gasteiger charge is 2.33. The normalized spacial score (nSPS) is 20.2. The number of hydrogen-bond acceptors (Lipinski definition) is 2. The number of ether oxygens (including phenoxy) is 1. The fraction of sp³-hybridized carbons (Fsp3) is 0.611. The maximum absolute atomic E-state index is 12.3. The zero-order valence-electron chi connectivity index (χ0n) is 13.0. The summed E-state index contributed by atoms with van der Waals surface area (Å²) >= 11 is 3.55. The van der Waals surface area contributed by atoms with Crippen LogP contribution in [0.3, 0.4) is 0 Å². The fourth-order valence-corrected chi connectivity index (χ4v) is 3.23. The van der Waals surface area contributed by atoms with Crippen molar-refractivity contribution in [2.24, 2.45) is 0 Å². The molecule has 0 amide bonds. The molecule has 3 rings (SSSR count). The molecule has 2 fully saturated rings. The number of alkyl halides is 1. The van der Waals surface area contributed by atoms with Crippen molar-refractivity contribution in [1.82, 2.24) is 0 Å². The van der Waals surface area contributed by atoms with Crippen LogP contribution < -0.4 is 0 Å². The summed E-state index contributed by atoms with van der Waals surface area (Å²) in [7, 11) is 0. The zero-order chi connectivity index (χ0) is 15.2. The van der Waals surface area contributed by atoms with E-state index >= 15 is 0 Å². The number of rotatable bonds is 4. The Bertz CT molecular complexity index is 551. The summed E-state index contributed by atoms with van der Waals surface area (Å²) in [4.78, 5) is 12.0. The number of carbonyl (C=O) groups is 1. The Kier molecular flexibility index (Phi) is 3.89. The monoisotopic (exact) mass is 350 g/mol. The minimum Gasteiger partial charge on any atom is -0.459 e. The molecule has 3 heteroatoms. The smallest absolute Gasteiger partial charge is 0.324 e. The van der Waals surface area contributed by atoms with Gasteiger partial charge in [-0.2, -0.15) is 0 Å². The third-order valence-electron chi connectivity index (χ3n) is 4.06. The van der Waals surface area contributed by atoms with Crippen LogP contribution in [0.2, 0.25) is 0 Å². The van der Waals surface area contributed by atoms with Crippen molar-refractivity contribution in [1.29, 1.82) is 0 Å². The molecule has 1 atom stereocenters. The van der Waals surface area contributed by atoms with Gasteiger partial charge in [0.15, 0.2) is 0 Å².